The summed E-state index contributed by atoms with van der Waals surface area (Å²) in [5, 5.41) is 4.13. The zero-order valence-electron chi connectivity index (χ0n) is 12.4. The van der Waals surface area contributed by atoms with Gasteiger partial charge in [0.25, 0.3) is 0 Å². The lowest BCUT2D eigenvalue weighted by Gasteiger charge is -2.38. The molecule has 2 aliphatic rings. The minimum absolute atomic E-state index is 0.232. The largest absolute Gasteiger partial charge is 0.421 e. The summed E-state index contributed by atoms with van der Waals surface area (Å²) < 4.78 is 5.89. The summed E-state index contributed by atoms with van der Waals surface area (Å²) in [6.45, 7) is 2.16. The van der Waals surface area contributed by atoms with Gasteiger partial charge in [-0.2, -0.15) is 12.6 Å². The maximum atomic E-state index is 12.5. The average molecular weight is 316 g/mol. The average Bonchev–Trinajstić information content (AvgIpc) is 3.06. The van der Waals surface area contributed by atoms with Crippen LogP contribution in [0.15, 0.2) is 23.0 Å². The number of allylic oxidation sites excluding steroid dienone is 2. The Balaban J connectivity index is 2.01. The third-order valence-corrected chi connectivity index (χ3v) is 7.44. The Morgan fingerprint density at radius 3 is 2.50 bits per heavy atom. The molecular weight excluding hydrogens is 290 g/mol. The lowest BCUT2D eigenvalue weighted by atomic mass is 10.2. The van der Waals surface area contributed by atoms with Crippen LogP contribution in [-0.2, 0) is 4.18 Å². The van der Waals surface area contributed by atoms with E-state index < -0.39 is 10.3 Å². The molecule has 20 heavy (non-hydrogen) atoms. The molecule has 0 saturated heterocycles. The molecule has 1 aliphatic heterocycles. The van der Waals surface area contributed by atoms with Crippen LogP contribution in [0.1, 0.15) is 45.4 Å². The molecule has 1 fully saturated rings. The van der Waals surface area contributed by atoms with Gasteiger partial charge >= 0.3 is 6.09 Å². The Hall–Kier alpha value is -0.550. The van der Waals surface area contributed by atoms with Gasteiger partial charge in [0.05, 0.1) is 4.87 Å². The van der Waals surface area contributed by atoms with Crippen molar-refractivity contribution in [1.29, 1.82) is 0 Å². The first-order valence-electron chi connectivity index (χ1n) is 7.37. The van der Waals surface area contributed by atoms with Crippen molar-refractivity contribution in [3.63, 3.8) is 0 Å². The zero-order valence-corrected chi connectivity index (χ0v) is 14.1. The third-order valence-electron chi connectivity index (χ3n) is 4.07. The van der Waals surface area contributed by atoms with Crippen molar-refractivity contribution in [1.82, 2.24) is 4.90 Å². The lowest BCUT2D eigenvalue weighted by Crippen LogP contribution is -2.43. The maximum absolute atomic E-state index is 12.5. The Morgan fingerprint density at radius 1 is 1.35 bits per heavy atom. The number of unbranched alkanes of at least 4 members (excludes halogenated alkanes) is 1. The lowest BCUT2D eigenvalue weighted by molar-refractivity contribution is 0.144. The molecule has 1 heterocycles. The van der Waals surface area contributed by atoms with Gasteiger partial charge in [-0.15, -0.1) is 0 Å². The van der Waals surface area contributed by atoms with Gasteiger partial charge in [0.2, 0.25) is 0 Å². The van der Waals surface area contributed by atoms with Gasteiger partial charge in [0.1, 0.15) is 0 Å². The van der Waals surface area contributed by atoms with Gasteiger partial charge in [-0.05, 0) is 40.4 Å². The van der Waals surface area contributed by atoms with Crippen molar-refractivity contribution in [3.05, 3.63) is 23.0 Å². The van der Waals surface area contributed by atoms with Crippen molar-refractivity contribution < 1.29 is 8.98 Å². The van der Waals surface area contributed by atoms with E-state index in [4.69, 9.17) is 16.8 Å². The van der Waals surface area contributed by atoms with Crippen LogP contribution >= 0.6 is 22.9 Å². The van der Waals surface area contributed by atoms with E-state index in [1.807, 2.05) is 19.2 Å². The fraction of sp³-hybridized carbons (Fsp3) is 0.667. The number of hydrogen-bond acceptors (Lipinski definition) is 3. The molecule has 114 valence electrons. The van der Waals surface area contributed by atoms with E-state index in [1.165, 1.54) is 0 Å². The van der Waals surface area contributed by atoms with E-state index >= 15 is 0 Å². The number of carbonyl (C=O) groups is 1. The fourth-order valence-electron chi connectivity index (χ4n) is 2.64. The van der Waals surface area contributed by atoms with E-state index in [0.29, 0.717) is 0 Å². The first kappa shape index (κ1) is 15.8. The summed E-state index contributed by atoms with van der Waals surface area (Å²) >= 11 is 4.71. The highest BCUT2D eigenvalue weighted by Gasteiger charge is 2.39. The van der Waals surface area contributed by atoms with Gasteiger partial charge in [-0.1, -0.05) is 38.3 Å². The van der Waals surface area contributed by atoms with Gasteiger partial charge in [0, 0.05) is 12.8 Å². The standard InChI is InChI=1S/C15H25NO2S2/c1-3-4-11-20(12-7-8-13-20)18-14(17)16(2)15(19)9-5-6-10-15/h7-8,12-13,19H,3-6,9-11H2,1-2H3. The van der Waals surface area contributed by atoms with Crippen LogP contribution in [0.4, 0.5) is 4.79 Å². The molecule has 3 nitrogen and oxygen atoms in total. The summed E-state index contributed by atoms with van der Waals surface area (Å²) in [7, 11) is 0.305. The summed E-state index contributed by atoms with van der Waals surface area (Å²) in [4.78, 5) is 13.8. The molecule has 0 atom stereocenters. The number of amides is 1. The van der Waals surface area contributed by atoms with E-state index in [1.54, 1.807) is 4.90 Å². The molecule has 0 radical (unpaired) electrons. The quantitative estimate of drug-likeness (QED) is 0.582. The molecule has 0 spiro atoms. The summed E-state index contributed by atoms with van der Waals surface area (Å²) in [6.07, 6.45) is 10.1. The van der Waals surface area contributed by atoms with Gasteiger partial charge in [-0.3, -0.25) is 4.90 Å². The first-order chi connectivity index (χ1) is 9.51. The van der Waals surface area contributed by atoms with Crippen LogP contribution in [-0.4, -0.2) is 28.7 Å². The molecule has 0 aromatic carbocycles. The second-order valence-corrected chi connectivity index (χ2v) is 9.10. The number of carbonyl (C=O) groups excluding carboxylic acids is 1. The van der Waals surface area contributed by atoms with Crippen molar-refractivity contribution in [2.24, 2.45) is 0 Å². The van der Waals surface area contributed by atoms with E-state index in [2.05, 4.69) is 17.7 Å². The molecule has 5 heteroatoms. The Kier molecular flexibility index (Phi) is 5.13. The highest BCUT2D eigenvalue weighted by Crippen LogP contribution is 2.56. The molecule has 0 N–H and O–H groups in total. The highest BCUT2D eigenvalue weighted by molar-refractivity contribution is 8.35. The predicted molar refractivity (Wildman–Crippen MR) is 90.1 cm³/mol. The topological polar surface area (TPSA) is 29.5 Å². The van der Waals surface area contributed by atoms with Gasteiger partial charge in [0.15, 0.2) is 0 Å². The van der Waals surface area contributed by atoms with Crippen molar-refractivity contribution in [3.8, 4) is 0 Å². The molecule has 0 bridgehead atoms. The van der Waals surface area contributed by atoms with Crippen LogP contribution < -0.4 is 0 Å². The van der Waals surface area contributed by atoms with Crippen molar-refractivity contribution in [2.45, 2.75) is 50.3 Å². The molecule has 1 saturated carbocycles. The van der Waals surface area contributed by atoms with E-state index in [9.17, 15) is 4.79 Å². The van der Waals surface area contributed by atoms with Gasteiger partial charge in [-0.25, -0.2) is 4.79 Å². The summed E-state index contributed by atoms with van der Waals surface area (Å²) in [5.41, 5.74) is 0. The first-order valence-corrected chi connectivity index (χ1v) is 9.67. The molecule has 1 amide bonds. The third kappa shape index (κ3) is 3.37. The van der Waals surface area contributed by atoms with Crippen LogP contribution in [0.5, 0.6) is 0 Å². The van der Waals surface area contributed by atoms with Crippen LogP contribution in [0, 0.1) is 0 Å². The minimum Gasteiger partial charge on any atom is -0.391 e. The van der Waals surface area contributed by atoms with Crippen LogP contribution in [0.3, 0.4) is 0 Å². The van der Waals surface area contributed by atoms with Crippen LogP contribution in [0.2, 0.25) is 0 Å². The summed E-state index contributed by atoms with van der Waals surface area (Å²) in [5.74, 6) is 0.926. The molecular formula is C15H25NO2S2. The Morgan fingerprint density at radius 2 is 1.95 bits per heavy atom. The van der Waals surface area contributed by atoms with Crippen molar-refractivity contribution >= 4 is 29.0 Å². The smallest absolute Gasteiger partial charge is 0.391 e. The Labute approximate surface area is 129 Å². The molecule has 2 rings (SSSR count). The maximum Gasteiger partial charge on any atom is 0.421 e. The van der Waals surface area contributed by atoms with E-state index in [-0.39, 0.29) is 11.0 Å². The molecule has 0 unspecified atom stereocenters. The van der Waals surface area contributed by atoms with E-state index in [0.717, 1.165) is 44.3 Å². The second-order valence-electron chi connectivity index (χ2n) is 5.59. The Bertz CT molecular complexity index is 402. The normalized spacial score (nSPS) is 23.8. The number of nitrogens with zero attached hydrogens (tertiary/aromatic N) is 1. The number of rotatable bonds is 5. The highest BCUT2D eigenvalue weighted by atomic mass is 32.3. The summed E-state index contributed by atoms with van der Waals surface area (Å²) in [6, 6.07) is 0. The minimum atomic E-state index is -1.51. The predicted octanol–water partition coefficient (Wildman–Crippen LogP) is 4.82. The van der Waals surface area contributed by atoms with Crippen LogP contribution in [0.25, 0.3) is 0 Å². The monoisotopic (exact) mass is 315 g/mol. The molecule has 0 aromatic rings. The van der Waals surface area contributed by atoms with Gasteiger partial charge < -0.3 is 4.18 Å². The zero-order chi connectivity index (χ0) is 14.6. The fourth-order valence-corrected chi connectivity index (χ4v) is 5.43. The second kappa shape index (κ2) is 6.48. The molecule has 1 aliphatic carbocycles. The van der Waals surface area contributed by atoms with Crippen molar-refractivity contribution in [2.75, 3.05) is 12.8 Å². The number of hydrogen-bond donors (Lipinski definition) is 1. The number of thiol groups is 1. The molecule has 0 aromatic heterocycles. The SMILES string of the molecule is CCCCS1(OC(=O)N(C)C2(S)CCCC2)C=CC=C1.